The van der Waals surface area contributed by atoms with Gasteiger partial charge in [0.05, 0.1) is 17.5 Å². The second kappa shape index (κ2) is 9.58. The summed E-state index contributed by atoms with van der Waals surface area (Å²) in [5.74, 6) is -0.285. The Morgan fingerprint density at radius 3 is 2.27 bits per heavy atom. The largest absolute Gasteiger partial charge is 0.435 e. The molecule has 0 bridgehead atoms. The van der Waals surface area contributed by atoms with Crippen molar-refractivity contribution in [1.29, 1.82) is 0 Å². The minimum Gasteiger partial charge on any atom is -0.435 e. The minimum atomic E-state index is -3.37. The van der Waals surface area contributed by atoms with Crippen LogP contribution in [0.3, 0.4) is 0 Å². The number of amides is 1. The Morgan fingerprint density at radius 2 is 1.64 bits per heavy atom. The fourth-order valence-electron chi connectivity index (χ4n) is 3.79. The lowest BCUT2D eigenvalue weighted by atomic mass is 9.98. The third kappa shape index (κ3) is 5.31. The number of sulfonamides is 1. The average molecular weight is 473 g/mol. The van der Waals surface area contributed by atoms with Gasteiger partial charge in [-0.05, 0) is 47.9 Å². The molecule has 4 rings (SSSR count). The van der Waals surface area contributed by atoms with Gasteiger partial charge in [-0.3, -0.25) is 9.10 Å². The summed E-state index contributed by atoms with van der Waals surface area (Å²) < 4.78 is 55.2. The summed E-state index contributed by atoms with van der Waals surface area (Å²) >= 11 is 0. The summed E-state index contributed by atoms with van der Waals surface area (Å²) in [7, 11) is -3.37. The highest BCUT2D eigenvalue weighted by atomic mass is 32.2. The standard InChI is InChI=1S/C24H22F2N2O4S/c25-24(26)32-21-12-10-18(11-13-21)22(17-6-2-1-3-7-17)27-23(29)19-8-4-9-20(16-19)28-14-5-15-33(28,30)31/h1-4,6-13,16,22,24H,5,14-15H2,(H,27,29). The SMILES string of the molecule is O=C(NC(c1ccccc1)c1ccc(OC(F)F)cc1)c1cccc(N2CCCS2(=O)=O)c1. The van der Waals surface area contributed by atoms with Gasteiger partial charge < -0.3 is 10.1 Å². The molecular weight excluding hydrogens is 450 g/mol. The molecule has 0 aliphatic carbocycles. The lowest BCUT2D eigenvalue weighted by molar-refractivity contribution is -0.0498. The normalized spacial score (nSPS) is 15.9. The number of ether oxygens (including phenoxy) is 1. The van der Waals surface area contributed by atoms with Gasteiger partial charge >= 0.3 is 6.61 Å². The van der Waals surface area contributed by atoms with Crippen molar-refractivity contribution in [2.24, 2.45) is 0 Å². The first kappa shape index (κ1) is 22.7. The number of carbonyl (C=O) groups excluding carboxylic acids is 1. The Balaban J connectivity index is 1.61. The van der Waals surface area contributed by atoms with Crippen LogP contribution in [0, 0.1) is 0 Å². The molecule has 6 nitrogen and oxygen atoms in total. The van der Waals surface area contributed by atoms with Crippen molar-refractivity contribution >= 4 is 21.6 Å². The predicted molar refractivity (Wildman–Crippen MR) is 121 cm³/mol. The number of alkyl halides is 2. The Bertz CT molecular complexity index is 1220. The van der Waals surface area contributed by atoms with E-state index in [0.717, 1.165) is 5.56 Å². The van der Waals surface area contributed by atoms with Crippen LogP contribution in [-0.2, 0) is 10.0 Å². The number of rotatable bonds is 7. The van der Waals surface area contributed by atoms with E-state index in [2.05, 4.69) is 10.1 Å². The van der Waals surface area contributed by atoms with Crippen molar-refractivity contribution in [2.45, 2.75) is 19.1 Å². The molecule has 9 heteroatoms. The van der Waals surface area contributed by atoms with Crippen LogP contribution in [0.1, 0.15) is 33.9 Å². The fourth-order valence-corrected chi connectivity index (χ4v) is 5.35. The zero-order valence-electron chi connectivity index (χ0n) is 17.5. The molecule has 1 heterocycles. The third-order valence-electron chi connectivity index (χ3n) is 5.34. The van der Waals surface area contributed by atoms with E-state index >= 15 is 0 Å². The van der Waals surface area contributed by atoms with E-state index in [-0.39, 0.29) is 11.5 Å². The predicted octanol–water partition coefficient (Wildman–Crippen LogP) is 4.35. The zero-order valence-corrected chi connectivity index (χ0v) is 18.3. The van der Waals surface area contributed by atoms with Gasteiger partial charge in [0.2, 0.25) is 10.0 Å². The van der Waals surface area contributed by atoms with Gasteiger partial charge in [0.1, 0.15) is 5.75 Å². The van der Waals surface area contributed by atoms with Crippen LogP contribution in [0.25, 0.3) is 0 Å². The third-order valence-corrected chi connectivity index (χ3v) is 7.21. The molecule has 1 unspecified atom stereocenters. The van der Waals surface area contributed by atoms with E-state index in [1.54, 1.807) is 36.4 Å². The van der Waals surface area contributed by atoms with Crippen molar-refractivity contribution in [1.82, 2.24) is 5.32 Å². The van der Waals surface area contributed by atoms with E-state index in [9.17, 15) is 22.0 Å². The molecule has 0 spiro atoms. The second-order valence-electron chi connectivity index (χ2n) is 7.56. The molecule has 33 heavy (non-hydrogen) atoms. The molecule has 3 aromatic carbocycles. The highest BCUT2D eigenvalue weighted by Gasteiger charge is 2.29. The summed E-state index contributed by atoms with van der Waals surface area (Å²) in [5.41, 5.74) is 2.24. The Hall–Kier alpha value is -3.46. The van der Waals surface area contributed by atoms with E-state index in [0.29, 0.717) is 29.8 Å². The number of benzene rings is 3. The molecule has 172 valence electrons. The maximum Gasteiger partial charge on any atom is 0.387 e. The minimum absolute atomic E-state index is 0.0198. The van der Waals surface area contributed by atoms with Gasteiger partial charge in [0, 0.05) is 12.1 Å². The van der Waals surface area contributed by atoms with Crippen molar-refractivity contribution in [3.8, 4) is 5.75 Å². The number of carbonyl (C=O) groups is 1. The Morgan fingerprint density at radius 1 is 0.939 bits per heavy atom. The average Bonchev–Trinajstić information content (AvgIpc) is 3.17. The van der Waals surface area contributed by atoms with Crippen LogP contribution < -0.4 is 14.4 Å². The molecular formula is C24H22F2N2O4S. The van der Waals surface area contributed by atoms with Gasteiger partial charge in [-0.1, -0.05) is 48.5 Å². The van der Waals surface area contributed by atoms with Crippen molar-refractivity contribution in [3.63, 3.8) is 0 Å². The van der Waals surface area contributed by atoms with Gasteiger partial charge in [0.15, 0.2) is 0 Å². The van der Waals surface area contributed by atoms with Gasteiger partial charge in [-0.2, -0.15) is 8.78 Å². The van der Waals surface area contributed by atoms with E-state index < -0.39 is 28.6 Å². The van der Waals surface area contributed by atoms with Crippen LogP contribution >= 0.6 is 0 Å². The maximum absolute atomic E-state index is 13.1. The molecule has 1 fully saturated rings. The molecule has 0 radical (unpaired) electrons. The Kier molecular flexibility index (Phi) is 6.60. The molecule has 1 atom stereocenters. The van der Waals surface area contributed by atoms with E-state index in [4.69, 9.17) is 0 Å². The topological polar surface area (TPSA) is 75.7 Å². The smallest absolute Gasteiger partial charge is 0.387 e. The molecule has 0 aromatic heterocycles. The van der Waals surface area contributed by atoms with Crippen molar-refractivity contribution in [2.75, 3.05) is 16.6 Å². The zero-order chi connectivity index (χ0) is 23.4. The van der Waals surface area contributed by atoms with Gasteiger partial charge in [0.25, 0.3) is 5.91 Å². The first-order valence-electron chi connectivity index (χ1n) is 10.3. The molecule has 3 aromatic rings. The molecule has 1 aliphatic rings. The summed E-state index contributed by atoms with van der Waals surface area (Å²) in [4.78, 5) is 13.1. The van der Waals surface area contributed by atoms with E-state index in [1.807, 2.05) is 30.3 Å². The van der Waals surface area contributed by atoms with E-state index in [1.165, 1.54) is 16.4 Å². The second-order valence-corrected chi connectivity index (χ2v) is 9.57. The quantitative estimate of drug-likeness (QED) is 0.555. The monoisotopic (exact) mass is 472 g/mol. The summed E-state index contributed by atoms with van der Waals surface area (Å²) in [5, 5.41) is 2.97. The Labute approximate surface area is 190 Å². The van der Waals surface area contributed by atoms with Crippen molar-refractivity contribution in [3.05, 3.63) is 95.6 Å². The number of nitrogens with zero attached hydrogens (tertiary/aromatic N) is 1. The first-order valence-corrected chi connectivity index (χ1v) is 12.0. The number of hydrogen-bond acceptors (Lipinski definition) is 4. The highest BCUT2D eigenvalue weighted by molar-refractivity contribution is 7.93. The van der Waals surface area contributed by atoms with Crippen LogP contribution in [0.5, 0.6) is 5.75 Å². The summed E-state index contributed by atoms with van der Waals surface area (Å²) in [6.45, 7) is -2.54. The summed E-state index contributed by atoms with van der Waals surface area (Å²) in [6, 6.07) is 21.2. The fraction of sp³-hybridized carbons (Fsp3) is 0.208. The molecule has 0 saturated carbocycles. The molecule has 1 aliphatic heterocycles. The van der Waals surface area contributed by atoms with Gasteiger partial charge in [-0.15, -0.1) is 0 Å². The van der Waals surface area contributed by atoms with Crippen LogP contribution in [0.15, 0.2) is 78.9 Å². The molecule has 1 amide bonds. The number of nitrogens with one attached hydrogen (secondary N) is 1. The molecule has 1 N–H and O–H groups in total. The number of halogens is 2. The first-order chi connectivity index (χ1) is 15.8. The number of anilines is 1. The summed E-state index contributed by atoms with van der Waals surface area (Å²) in [6.07, 6.45) is 0.542. The van der Waals surface area contributed by atoms with Gasteiger partial charge in [-0.25, -0.2) is 8.42 Å². The number of hydrogen-bond donors (Lipinski definition) is 1. The van der Waals surface area contributed by atoms with Crippen LogP contribution in [0.4, 0.5) is 14.5 Å². The molecule has 1 saturated heterocycles. The lowest BCUT2D eigenvalue weighted by Crippen LogP contribution is -2.30. The highest BCUT2D eigenvalue weighted by Crippen LogP contribution is 2.27. The van der Waals surface area contributed by atoms with Crippen molar-refractivity contribution < 1.29 is 26.7 Å². The lowest BCUT2D eigenvalue weighted by Gasteiger charge is -2.21. The maximum atomic E-state index is 13.1. The van der Waals surface area contributed by atoms with Crippen LogP contribution in [0.2, 0.25) is 0 Å². The van der Waals surface area contributed by atoms with Crippen LogP contribution in [-0.4, -0.2) is 33.2 Å².